The lowest BCUT2D eigenvalue weighted by Gasteiger charge is -2.06. The maximum atomic E-state index is 13.5. The van der Waals surface area contributed by atoms with E-state index in [0.717, 1.165) is 0 Å². The lowest BCUT2D eigenvalue weighted by atomic mass is 10.2. The summed E-state index contributed by atoms with van der Waals surface area (Å²) < 4.78 is 13.5. The molecule has 0 fully saturated rings. The van der Waals surface area contributed by atoms with E-state index in [2.05, 4.69) is 15.5 Å². The van der Waals surface area contributed by atoms with Gasteiger partial charge in [0, 0.05) is 12.7 Å². The van der Waals surface area contributed by atoms with Crippen molar-refractivity contribution in [2.24, 2.45) is 5.73 Å². The standard InChI is InChI=1S/C11H11FN4O/c12-9-3-7(4-13)1-2-10(9)16-11(17)8-5-14-15-6-8/h1-3,5-6H,4,13H2,(H,14,15)(H,16,17). The molecule has 0 saturated heterocycles. The minimum Gasteiger partial charge on any atom is -0.326 e. The Morgan fingerprint density at radius 2 is 2.35 bits per heavy atom. The van der Waals surface area contributed by atoms with Crippen LogP contribution in [0.1, 0.15) is 15.9 Å². The summed E-state index contributed by atoms with van der Waals surface area (Å²) in [5.74, 6) is -0.928. The first-order valence-electron chi connectivity index (χ1n) is 4.99. The number of benzene rings is 1. The smallest absolute Gasteiger partial charge is 0.258 e. The highest BCUT2D eigenvalue weighted by molar-refractivity contribution is 6.03. The van der Waals surface area contributed by atoms with Crippen LogP contribution in [0.4, 0.5) is 10.1 Å². The molecule has 2 rings (SSSR count). The van der Waals surface area contributed by atoms with Crippen LogP contribution in [0, 0.1) is 5.82 Å². The summed E-state index contributed by atoms with van der Waals surface area (Å²) in [5.41, 5.74) is 6.51. The molecule has 2 aromatic rings. The van der Waals surface area contributed by atoms with Gasteiger partial charge in [-0.3, -0.25) is 9.89 Å². The van der Waals surface area contributed by atoms with Crippen LogP contribution < -0.4 is 11.1 Å². The third-order valence-electron chi connectivity index (χ3n) is 2.28. The molecule has 88 valence electrons. The quantitative estimate of drug-likeness (QED) is 0.747. The molecular formula is C11H11FN4O. The predicted octanol–water partition coefficient (Wildman–Crippen LogP) is 1.26. The Morgan fingerprint density at radius 1 is 1.53 bits per heavy atom. The summed E-state index contributed by atoms with van der Waals surface area (Å²) in [7, 11) is 0. The average Bonchev–Trinajstić information content (AvgIpc) is 2.85. The third kappa shape index (κ3) is 2.48. The highest BCUT2D eigenvalue weighted by Gasteiger charge is 2.10. The Morgan fingerprint density at radius 3 is 2.94 bits per heavy atom. The number of rotatable bonds is 3. The molecule has 1 heterocycles. The second kappa shape index (κ2) is 4.75. The molecule has 0 aliphatic carbocycles. The van der Waals surface area contributed by atoms with Gasteiger partial charge in [-0.15, -0.1) is 0 Å². The SMILES string of the molecule is NCc1ccc(NC(=O)c2cn[nH]c2)c(F)c1. The van der Waals surface area contributed by atoms with Crippen molar-refractivity contribution in [1.82, 2.24) is 10.2 Å². The molecule has 6 heteroatoms. The van der Waals surface area contributed by atoms with Crippen LogP contribution in [0.3, 0.4) is 0 Å². The van der Waals surface area contributed by atoms with Gasteiger partial charge in [-0.2, -0.15) is 5.10 Å². The van der Waals surface area contributed by atoms with Gasteiger partial charge in [0.15, 0.2) is 0 Å². The van der Waals surface area contributed by atoms with Crippen molar-refractivity contribution < 1.29 is 9.18 Å². The number of anilines is 1. The van der Waals surface area contributed by atoms with Gasteiger partial charge < -0.3 is 11.1 Å². The van der Waals surface area contributed by atoms with Gasteiger partial charge in [-0.1, -0.05) is 6.07 Å². The highest BCUT2D eigenvalue weighted by Crippen LogP contribution is 2.16. The van der Waals surface area contributed by atoms with Crippen molar-refractivity contribution >= 4 is 11.6 Å². The van der Waals surface area contributed by atoms with Crippen LogP contribution in [-0.2, 0) is 6.54 Å². The van der Waals surface area contributed by atoms with Gasteiger partial charge in [0.05, 0.1) is 17.4 Å². The van der Waals surface area contributed by atoms with E-state index >= 15 is 0 Å². The van der Waals surface area contributed by atoms with Crippen LogP contribution in [0.5, 0.6) is 0 Å². The number of carbonyl (C=O) groups is 1. The minimum absolute atomic E-state index is 0.119. The Hall–Kier alpha value is -2.21. The van der Waals surface area contributed by atoms with E-state index in [1.54, 1.807) is 6.07 Å². The minimum atomic E-state index is -0.509. The maximum absolute atomic E-state index is 13.5. The fraction of sp³-hybridized carbons (Fsp3) is 0.0909. The van der Waals surface area contributed by atoms with E-state index in [9.17, 15) is 9.18 Å². The van der Waals surface area contributed by atoms with E-state index in [1.165, 1.54) is 24.5 Å². The van der Waals surface area contributed by atoms with Crippen LogP contribution in [-0.4, -0.2) is 16.1 Å². The molecule has 0 spiro atoms. The summed E-state index contributed by atoms with van der Waals surface area (Å²) in [6.07, 6.45) is 2.79. The van der Waals surface area contributed by atoms with Crippen molar-refractivity contribution in [3.63, 3.8) is 0 Å². The van der Waals surface area contributed by atoms with Gasteiger partial charge in [0.1, 0.15) is 5.82 Å². The van der Waals surface area contributed by atoms with Crippen LogP contribution in [0.25, 0.3) is 0 Å². The Bertz CT molecular complexity index is 524. The topological polar surface area (TPSA) is 83.8 Å². The number of hydrogen-bond acceptors (Lipinski definition) is 3. The monoisotopic (exact) mass is 234 g/mol. The number of carbonyl (C=O) groups excluding carboxylic acids is 1. The number of aromatic nitrogens is 2. The van der Waals surface area contributed by atoms with E-state index in [4.69, 9.17) is 5.73 Å². The number of halogens is 1. The van der Waals surface area contributed by atoms with E-state index in [0.29, 0.717) is 11.1 Å². The average molecular weight is 234 g/mol. The molecule has 1 aromatic heterocycles. The van der Waals surface area contributed by atoms with Crippen molar-refractivity contribution in [3.05, 3.63) is 47.5 Å². The molecule has 4 N–H and O–H groups in total. The largest absolute Gasteiger partial charge is 0.326 e. The number of aromatic amines is 1. The molecule has 0 bridgehead atoms. The fourth-order valence-electron chi connectivity index (χ4n) is 1.36. The molecule has 0 aliphatic rings. The zero-order valence-electron chi connectivity index (χ0n) is 8.90. The van der Waals surface area contributed by atoms with Gasteiger partial charge in [0.25, 0.3) is 5.91 Å². The van der Waals surface area contributed by atoms with Gasteiger partial charge in [-0.25, -0.2) is 4.39 Å². The Labute approximate surface area is 96.8 Å². The van der Waals surface area contributed by atoms with Crippen molar-refractivity contribution in [3.8, 4) is 0 Å². The summed E-state index contributed by atoms with van der Waals surface area (Å²) in [6, 6.07) is 4.44. The fourth-order valence-corrected chi connectivity index (χ4v) is 1.36. The zero-order chi connectivity index (χ0) is 12.3. The lowest BCUT2D eigenvalue weighted by Crippen LogP contribution is -2.12. The third-order valence-corrected chi connectivity index (χ3v) is 2.28. The van der Waals surface area contributed by atoms with E-state index in [-0.39, 0.29) is 12.2 Å². The van der Waals surface area contributed by atoms with Crippen LogP contribution >= 0.6 is 0 Å². The highest BCUT2D eigenvalue weighted by atomic mass is 19.1. The van der Waals surface area contributed by atoms with Gasteiger partial charge in [0.2, 0.25) is 0 Å². The van der Waals surface area contributed by atoms with Gasteiger partial charge in [-0.05, 0) is 17.7 Å². The summed E-state index contributed by atoms with van der Waals surface area (Å²) in [6.45, 7) is 0.257. The number of nitrogens with two attached hydrogens (primary N) is 1. The molecule has 0 unspecified atom stereocenters. The normalized spacial score (nSPS) is 10.2. The molecule has 0 radical (unpaired) electrons. The van der Waals surface area contributed by atoms with Gasteiger partial charge >= 0.3 is 0 Å². The zero-order valence-corrected chi connectivity index (χ0v) is 8.90. The number of nitrogens with zero attached hydrogens (tertiary/aromatic N) is 1. The number of hydrogen-bond donors (Lipinski definition) is 3. The van der Waals surface area contributed by atoms with Crippen molar-refractivity contribution in [1.29, 1.82) is 0 Å². The van der Waals surface area contributed by atoms with E-state index in [1.807, 2.05) is 0 Å². The maximum Gasteiger partial charge on any atom is 0.258 e. The number of H-pyrrole nitrogens is 1. The van der Waals surface area contributed by atoms with Crippen LogP contribution in [0.2, 0.25) is 0 Å². The van der Waals surface area contributed by atoms with Crippen molar-refractivity contribution in [2.45, 2.75) is 6.54 Å². The second-order valence-corrected chi connectivity index (χ2v) is 3.46. The molecule has 17 heavy (non-hydrogen) atoms. The first-order chi connectivity index (χ1) is 8.20. The first-order valence-corrected chi connectivity index (χ1v) is 4.99. The van der Waals surface area contributed by atoms with Crippen LogP contribution in [0.15, 0.2) is 30.6 Å². The first kappa shape index (κ1) is 11.3. The molecular weight excluding hydrogens is 223 g/mol. The molecule has 0 saturated carbocycles. The summed E-state index contributed by atoms with van der Waals surface area (Å²) in [4.78, 5) is 11.6. The summed E-state index contributed by atoms with van der Waals surface area (Å²) >= 11 is 0. The lowest BCUT2D eigenvalue weighted by molar-refractivity contribution is 0.102. The Kier molecular flexibility index (Phi) is 3.15. The molecule has 5 nitrogen and oxygen atoms in total. The summed E-state index contributed by atoms with van der Waals surface area (Å²) in [5, 5.41) is 8.60. The second-order valence-electron chi connectivity index (χ2n) is 3.46. The molecule has 0 aliphatic heterocycles. The number of amides is 1. The molecule has 1 amide bonds. The van der Waals surface area contributed by atoms with Crippen molar-refractivity contribution in [2.75, 3.05) is 5.32 Å². The Balaban J connectivity index is 2.16. The molecule has 1 aromatic carbocycles. The molecule has 0 atom stereocenters. The number of nitrogens with one attached hydrogen (secondary N) is 2. The predicted molar refractivity (Wildman–Crippen MR) is 60.8 cm³/mol. The van der Waals surface area contributed by atoms with E-state index < -0.39 is 11.7 Å².